The van der Waals surface area contributed by atoms with E-state index in [1.807, 2.05) is 32.0 Å². The Labute approximate surface area is 123 Å². The first-order chi connectivity index (χ1) is 10.1. The summed E-state index contributed by atoms with van der Waals surface area (Å²) in [6.07, 6.45) is 0. The van der Waals surface area contributed by atoms with Gasteiger partial charge >= 0.3 is 5.97 Å². The summed E-state index contributed by atoms with van der Waals surface area (Å²) in [7, 11) is 0. The van der Waals surface area contributed by atoms with Crippen molar-refractivity contribution >= 4 is 5.97 Å². The van der Waals surface area contributed by atoms with Gasteiger partial charge in [-0.3, -0.25) is 0 Å². The SMILES string of the molecule is Cc1cccc(OCCOc2cccc(C(=O)O)c2)c1C. The molecule has 0 aliphatic heterocycles. The molecule has 4 nitrogen and oxygen atoms in total. The van der Waals surface area contributed by atoms with Gasteiger partial charge in [0.1, 0.15) is 24.7 Å². The van der Waals surface area contributed by atoms with E-state index >= 15 is 0 Å². The number of carbonyl (C=O) groups is 1. The summed E-state index contributed by atoms with van der Waals surface area (Å²) in [5, 5.41) is 8.91. The van der Waals surface area contributed by atoms with Crippen molar-refractivity contribution in [2.24, 2.45) is 0 Å². The largest absolute Gasteiger partial charge is 0.490 e. The number of hydrogen-bond donors (Lipinski definition) is 1. The maximum atomic E-state index is 10.9. The van der Waals surface area contributed by atoms with E-state index in [9.17, 15) is 4.79 Å². The molecule has 2 aromatic carbocycles. The minimum Gasteiger partial charge on any atom is -0.490 e. The van der Waals surface area contributed by atoms with Crippen LogP contribution in [0.15, 0.2) is 42.5 Å². The fraction of sp³-hybridized carbons (Fsp3) is 0.235. The van der Waals surface area contributed by atoms with E-state index in [1.54, 1.807) is 12.1 Å². The lowest BCUT2D eigenvalue weighted by atomic mass is 10.1. The first-order valence-electron chi connectivity index (χ1n) is 6.73. The van der Waals surface area contributed by atoms with Crippen molar-refractivity contribution in [3.8, 4) is 11.5 Å². The first-order valence-corrected chi connectivity index (χ1v) is 6.73. The summed E-state index contributed by atoms with van der Waals surface area (Å²) >= 11 is 0. The number of carboxylic acid groups (broad SMARTS) is 1. The topological polar surface area (TPSA) is 55.8 Å². The summed E-state index contributed by atoms with van der Waals surface area (Å²) in [5.41, 5.74) is 2.51. The average Bonchev–Trinajstić information content (AvgIpc) is 2.48. The number of aromatic carboxylic acids is 1. The van der Waals surface area contributed by atoms with Crippen LogP contribution in [0.5, 0.6) is 11.5 Å². The van der Waals surface area contributed by atoms with Crippen LogP contribution in [-0.4, -0.2) is 24.3 Å². The van der Waals surface area contributed by atoms with Crippen molar-refractivity contribution < 1.29 is 19.4 Å². The first kappa shape index (κ1) is 14.9. The monoisotopic (exact) mass is 286 g/mol. The summed E-state index contributed by atoms with van der Waals surface area (Å²) in [4.78, 5) is 10.9. The zero-order valence-corrected chi connectivity index (χ0v) is 12.1. The number of aryl methyl sites for hydroxylation is 1. The van der Waals surface area contributed by atoms with Gasteiger partial charge in [-0.1, -0.05) is 18.2 Å². The molecule has 2 rings (SSSR count). The summed E-state index contributed by atoms with van der Waals surface area (Å²) in [5.74, 6) is 0.407. The van der Waals surface area contributed by atoms with Gasteiger partial charge in [0.25, 0.3) is 0 Å². The van der Waals surface area contributed by atoms with Crippen molar-refractivity contribution in [2.75, 3.05) is 13.2 Å². The fourth-order valence-corrected chi connectivity index (χ4v) is 1.91. The van der Waals surface area contributed by atoms with Crippen molar-refractivity contribution in [3.63, 3.8) is 0 Å². The zero-order chi connectivity index (χ0) is 15.2. The molecule has 0 radical (unpaired) electrons. The third kappa shape index (κ3) is 3.99. The van der Waals surface area contributed by atoms with Crippen molar-refractivity contribution in [2.45, 2.75) is 13.8 Å². The highest BCUT2D eigenvalue weighted by Crippen LogP contribution is 2.20. The normalized spacial score (nSPS) is 10.2. The number of rotatable bonds is 6. The second-order valence-corrected chi connectivity index (χ2v) is 4.73. The van der Waals surface area contributed by atoms with E-state index in [-0.39, 0.29) is 5.56 Å². The second-order valence-electron chi connectivity index (χ2n) is 4.73. The van der Waals surface area contributed by atoms with E-state index in [4.69, 9.17) is 14.6 Å². The highest BCUT2D eigenvalue weighted by molar-refractivity contribution is 5.87. The summed E-state index contributed by atoms with van der Waals surface area (Å²) in [6.45, 7) is 4.82. The third-order valence-corrected chi connectivity index (χ3v) is 3.25. The quantitative estimate of drug-likeness (QED) is 0.826. The molecule has 0 unspecified atom stereocenters. The Bertz CT molecular complexity index is 634. The van der Waals surface area contributed by atoms with Gasteiger partial charge in [0.2, 0.25) is 0 Å². The van der Waals surface area contributed by atoms with Gasteiger partial charge in [0.15, 0.2) is 0 Å². The van der Waals surface area contributed by atoms with Gasteiger partial charge in [-0.05, 0) is 49.2 Å². The van der Waals surface area contributed by atoms with Crippen LogP contribution >= 0.6 is 0 Å². The molecule has 21 heavy (non-hydrogen) atoms. The molecule has 0 heterocycles. The highest BCUT2D eigenvalue weighted by atomic mass is 16.5. The highest BCUT2D eigenvalue weighted by Gasteiger charge is 2.04. The predicted octanol–water partition coefficient (Wildman–Crippen LogP) is 3.46. The Morgan fingerprint density at radius 3 is 2.52 bits per heavy atom. The van der Waals surface area contributed by atoms with Crippen LogP contribution in [0, 0.1) is 13.8 Å². The van der Waals surface area contributed by atoms with E-state index in [0.717, 1.165) is 11.3 Å². The molecule has 0 spiro atoms. The fourth-order valence-electron chi connectivity index (χ4n) is 1.91. The molecule has 0 atom stereocenters. The molecule has 0 saturated carbocycles. The number of carboxylic acids is 1. The minimum absolute atomic E-state index is 0.211. The van der Waals surface area contributed by atoms with E-state index in [0.29, 0.717) is 19.0 Å². The summed E-state index contributed by atoms with van der Waals surface area (Å²) in [6, 6.07) is 12.3. The molecular weight excluding hydrogens is 268 g/mol. The Hall–Kier alpha value is -2.49. The van der Waals surface area contributed by atoms with Gasteiger partial charge in [0, 0.05) is 0 Å². The third-order valence-electron chi connectivity index (χ3n) is 3.25. The molecule has 0 aliphatic rings. The van der Waals surface area contributed by atoms with Crippen LogP contribution in [0.2, 0.25) is 0 Å². The van der Waals surface area contributed by atoms with Crippen LogP contribution in [0.1, 0.15) is 21.5 Å². The Morgan fingerprint density at radius 2 is 1.76 bits per heavy atom. The molecule has 0 aromatic heterocycles. The van der Waals surface area contributed by atoms with Gasteiger partial charge in [-0.25, -0.2) is 4.79 Å². The van der Waals surface area contributed by atoms with Crippen LogP contribution in [0.3, 0.4) is 0 Å². The Morgan fingerprint density at radius 1 is 1.05 bits per heavy atom. The molecule has 0 fully saturated rings. The van der Waals surface area contributed by atoms with Crippen LogP contribution in [-0.2, 0) is 0 Å². The second kappa shape index (κ2) is 6.79. The zero-order valence-electron chi connectivity index (χ0n) is 12.1. The van der Waals surface area contributed by atoms with Crippen LogP contribution < -0.4 is 9.47 Å². The van der Waals surface area contributed by atoms with Crippen LogP contribution in [0.4, 0.5) is 0 Å². The van der Waals surface area contributed by atoms with Gasteiger partial charge in [-0.15, -0.1) is 0 Å². The lowest BCUT2D eigenvalue weighted by Gasteiger charge is -2.11. The lowest BCUT2D eigenvalue weighted by molar-refractivity contribution is 0.0696. The van der Waals surface area contributed by atoms with E-state index < -0.39 is 5.97 Å². The van der Waals surface area contributed by atoms with E-state index in [2.05, 4.69) is 0 Å². The van der Waals surface area contributed by atoms with Crippen LogP contribution in [0.25, 0.3) is 0 Å². The Balaban J connectivity index is 1.86. The average molecular weight is 286 g/mol. The van der Waals surface area contributed by atoms with Crippen molar-refractivity contribution in [1.29, 1.82) is 0 Å². The molecule has 4 heteroatoms. The van der Waals surface area contributed by atoms with Gasteiger partial charge in [0.05, 0.1) is 5.56 Å². The summed E-state index contributed by atoms with van der Waals surface area (Å²) < 4.78 is 11.2. The lowest BCUT2D eigenvalue weighted by Crippen LogP contribution is -2.10. The van der Waals surface area contributed by atoms with Gasteiger partial charge in [-0.2, -0.15) is 0 Å². The van der Waals surface area contributed by atoms with Gasteiger partial charge < -0.3 is 14.6 Å². The Kier molecular flexibility index (Phi) is 4.82. The maximum absolute atomic E-state index is 10.9. The molecule has 0 bridgehead atoms. The van der Waals surface area contributed by atoms with Crippen molar-refractivity contribution in [3.05, 3.63) is 59.2 Å². The molecule has 110 valence electrons. The standard InChI is InChI=1S/C17H18O4/c1-12-5-3-8-16(13(12)2)21-10-9-20-15-7-4-6-14(11-15)17(18)19/h3-8,11H,9-10H2,1-2H3,(H,18,19). The molecule has 0 amide bonds. The smallest absolute Gasteiger partial charge is 0.335 e. The maximum Gasteiger partial charge on any atom is 0.335 e. The molecule has 0 aliphatic carbocycles. The molecule has 2 aromatic rings. The molecule has 0 saturated heterocycles. The number of benzene rings is 2. The number of ether oxygens (including phenoxy) is 2. The molecule has 1 N–H and O–H groups in total. The number of hydrogen-bond acceptors (Lipinski definition) is 3. The predicted molar refractivity (Wildman–Crippen MR) is 80.3 cm³/mol. The molecular formula is C17H18O4. The van der Waals surface area contributed by atoms with Crippen molar-refractivity contribution in [1.82, 2.24) is 0 Å². The minimum atomic E-state index is -0.966. The van der Waals surface area contributed by atoms with E-state index in [1.165, 1.54) is 17.7 Å².